The van der Waals surface area contributed by atoms with E-state index >= 15 is 0 Å². The van der Waals surface area contributed by atoms with Crippen LogP contribution in [-0.2, 0) is 18.2 Å². The van der Waals surface area contributed by atoms with E-state index in [0.717, 1.165) is 15.9 Å². The predicted octanol–water partition coefficient (Wildman–Crippen LogP) is 1.43. The number of aliphatic hydroxyl groups excluding tert-OH is 1. The van der Waals surface area contributed by atoms with Crippen molar-refractivity contribution in [1.82, 2.24) is 9.78 Å². The summed E-state index contributed by atoms with van der Waals surface area (Å²) in [7, 11) is 1.88. The van der Waals surface area contributed by atoms with Crippen LogP contribution < -0.4 is 0 Å². The van der Waals surface area contributed by atoms with Crippen LogP contribution in [0.5, 0.6) is 0 Å². The molecule has 4 nitrogen and oxygen atoms in total. The Labute approximate surface area is 98.4 Å². The fourth-order valence-corrected chi connectivity index (χ4v) is 1.94. The largest absolute Gasteiger partial charge is 0.390 e. The summed E-state index contributed by atoms with van der Waals surface area (Å²) < 4.78 is 7.92. The first-order chi connectivity index (χ1) is 7.06. The van der Waals surface area contributed by atoms with Crippen LogP contribution in [0.15, 0.2) is 4.47 Å². The van der Waals surface area contributed by atoms with Gasteiger partial charge in [0.1, 0.15) is 0 Å². The van der Waals surface area contributed by atoms with Crippen LogP contribution in [0, 0.1) is 6.92 Å². The topological polar surface area (TPSA) is 47.3 Å². The Bertz CT molecular complexity index is 325. The zero-order valence-corrected chi connectivity index (χ0v) is 10.9. The summed E-state index contributed by atoms with van der Waals surface area (Å²) in [6.07, 6.45) is 0.0776. The summed E-state index contributed by atoms with van der Waals surface area (Å²) in [4.78, 5) is 0. The summed E-state index contributed by atoms with van der Waals surface area (Å²) in [5, 5.41) is 14.0. The highest BCUT2D eigenvalue weighted by molar-refractivity contribution is 9.10. The Kier molecular flexibility index (Phi) is 4.76. The van der Waals surface area contributed by atoms with Gasteiger partial charge in [-0.25, -0.2) is 0 Å². The van der Waals surface area contributed by atoms with Gasteiger partial charge in [-0.3, -0.25) is 4.68 Å². The molecule has 0 fully saturated rings. The van der Waals surface area contributed by atoms with Crippen molar-refractivity contribution in [3.05, 3.63) is 15.9 Å². The molecule has 1 aromatic rings. The number of hydrogen-bond acceptors (Lipinski definition) is 3. The number of nitrogens with zero attached hydrogens (tertiary/aromatic N) is 2. The molecule has 0 amide bonds. The van der Waals surface area contributed by atoms with Crippen molar-refractivity contribution in [2.45, 2.75) is 26.4 Å². The lowest BCUT2D eigenvalue weighted by Crippen LogP contribution is -2.20. The molecular formula is C10H17BrN2O2. The fraction of sp³-hybridized carbons (Fsp3) is 0.700. The van der Waals surface area contributed by atoms with E-state index in [9.17, 15) is 5.11 Å². The molecule has 0 radical (unpaired) electrons. The van der Waals surface area contributed by atoms with E-state index < -0.39 is 6.10 Å². The molecule has 0 aliphatic rings. The summed E-state index contributed by atoms with van der Waals surface area (Å²) >= 11 is 3.46. The van der Waals surface area contributed by atoms with Crippen molar-refractivity contribution in [2.75, 3.05) is 13.2 Å². The van der Waals surface area contributed by atoms with Gasteiger partial charge in [0, 0.05) is 20.1 Å². The minimum Gasteiger partial charge on any atom is -0.390 e. The van der Waals surface area contributed by atoms with Crippen LogP contribution in [0.2, 0.25) is 0 Å². The summed E-state index contributed by atoms with van der Waals surface area (Å²) in [6.45, 7) is 4.84. The quantitative estimate of drug-likeness (QED) is 0.885. The standard InChI is InChI=1S/C10H17BrN2O2/c1-4-15-6-8(14)5-9-10(11)7(2)12-13(9)3/h8,14H,4-6H2,1-3H3. The molecule has 1 unspecified atom stereocenters. The van der Waals surface area contributed by atoms with Crippen molar-refractivity contribution in [3.63, 3.8) is 0 Å². The second-order valence-electron chi connectivity index (χ2n) is 3.49. The third-order valence-electron chi connectivity index (χ3n) is 2.20. The lowest BCUT2D eigenvalue weighted by atomic mass is 10.2. The maximum atomic E-state index is 9.70. The van der Waals surface area contributed by atoms with Gasteiger partial charge in [0.15, 0.2) is 0 Å². The molecule has 0 aliphatic heterocycles. The monoisotopic (exact) mass is 276 g/mol. The number of aryl methyl sites for hydroxylation is 2. The predicted molar refractivity (Wildman–Crippen MR) is 61.8 cm³/mol. The molecule has 1 heterocycles. The second-order valence-corrected chi connectivity index (χ2v) is 4.28. The Morgan fingerprint density at radius 3 is 2.73 bits per heavy atom. The van der Waals surface area contributed by atoms with Crippen molar-refractivity contribution in [2.24, 2.45) is 7.05 Å². The normalized spacial score (nSPS) is 13.1. The van der Waals surface area contributed by atoms with Gasteiger partial charge in [0.2, 0.25) is 0 Å². The number of hydrogen-bond donors (Lipinski definition) is 1. The molecule has 0 bridgehead atoms. The van der Waals surface area contributed by atoms with Crippen LogP contribution in [0.1, 0.15) is 18.3 Å². The van der Waals surface area contributed by atoms with Crippen LogP contribution in [0.3, 0.4) is 0 Å². The Balaban J connectivity index is 2.63. The van der Waals surface area contributed by atoms with Crippen molar-refractivity contribution < 1.29 is 9.84 Å². The Morgan fingerprint density at radius 2 is 2.27 bits per heavy atom. The fourth-order valence-electron chi connectivity index (χ4n) is 1.44. The van der Waals surface area contributed by atoms with Crippen LogP contribution >= 0.6 is 15.9 Å². The smallest absolute Gasteiger partial charge is 0.0829 e. The Morgan fingerprint density at radius 1 is 1.60 bits per heavy atom. The van der Waals surface area contributed by atoms with E-state index in [1.54, 1.807) is 4.68 Å². The SMILES string of the molecule is CCOCC(O)Cc1c(Br)c(C)nn1C. The molecule has 1 N–H and O–H groups in total. The first-order valence-corrected chi connectivity index (χ1v) is 5.79. The molecule has 15 heavy (non-hydrogen) atoms. The third kappa shape index (κ3) is 3.29. The zero-order valence-electron chi connectivity index (χ0n) is 9.33. The highest BCUT2D eigenvalue weighted by atomic mass is 79.9. The van der Waals surface area contributed by atoms with Gasteiger partial charge in [0.25, 0.3) is 0 Å². The van der Waals surface area contributed by atoms with Gasteiger partial charge in [0.05, 0.1) is 28.6 Å². The maximum Gasteiger partial charge on any atom is 0.0829 e. The van der Waals surface area contributed by atoms with Crippen LogP contribution in [0.25, 0.3) is 0 Å². The van der Waals surface area contributed by atoms with E-state index in [2.05, 4.69) is 21.0 Å². The average Bonchev–Trinajstić information content (AvgIpc) is 2.42. The zero-order chi connectivity index (χ0) is 11.4. The summed E-state index contributed by atoms with van der Waals surface area (Å²) in [5.41, 5.74) is 1.94. The van der Waals surface area contributed by atoms with E-state index in [-0.39, 0.29) is 0 Å². The number of aliphatic hydroxyl groups is 1. The average molecular weight is 277 g/mol. The van der Waals surface area contributed by atoms with E-state index in [4.69, 9.17) is 4.74 Å². The van der Waals surface area contributed by atoms with E-state index in [1.807, 2.05) is 20.9 Å². The molecule has 1 rings (SSSR count). The number of ether oxygens (including phenoxy) is 1. The molecular weight excluding hydrogens is 260 g/mol. The van der Waals surface area contributed by atoms with Gasteiger partial charge in [-0.15, -0.1) is 0 Å². The summed E-state index contributed by atoms with van der Waals surface area (Å²) in [6, 6.07) is 0. The molecule has 0 saturated carbocycles. The molecule has 0 aliphatic carbocycles. The van der Waals surface area contributed by atoms with E-state index in [1.165, 1.54) is 0 Å². The lowest BCUT2D eigenvalue weighted by Gasteiger charge is -2.10. The van der Waals surface area contributed by atoms with Gasteiger partial charge < -0.3 is 9.84 Å². The molecule has 0 spiro atoms. The first kappa shape index (κ1) is 12.7. The minimum atomic E-state index is -0.476. The van der Waals surface area contributed by atoms with Crippen LogP contribution in [-0.4, -0.2) is 34.2 Å². The van der Waals surface area contributed by atoms with Crippen molar-refractivity contribution >= 4 is 15.9 Å². The molecule has 5 heteroatoms. The highest BCUT2D eigenvalue weighted by Gasteiger charge is 2.14. The number of halogens is 1. The van der Waals surface area contributed by atoms with Gasteiger partial charge >= 0.3 is 0 Å². The maximum absolute atomic E-state index is 9.70. The molecule has 1 atom stereocenters. The molecule has 86 valence electrons. The number of rotatable bonds is 5. The third-order valence-corrected chi connectivity index (χ3v) is 3.24. The van der Waals surface area contributed by atoms with Gasteiger partial charge in [-0.1, -0.05) is 0 Å². The lowest BCUT2D eigenvalue weighted by molar-refractivity contribution is 0.0420. The van der Waals surface area contributed by atoms with Gasteiger partial charge in [-0.2, -0.15) is 5.10 Å². The Hall–Kier alpha value is -0.390. The highest BCUT2D eigenvalue weighted by Crippen LogP contribution is 2.21. The second kappa shape index (κ2) is 5.63. The van der Waals surface area contributed by atoms with Crippen LogP contribution in [0.4, 0.5) is 0 Å². The minimum absolute atomic E-state index is 0.368. The summed E-state index contributed by atoms with van der Waals surface area (Å²) in [5.74, 6) is 0. The molecule has 0 saturated heterocycles. The first-order valence-electron chi connectivity index (χ1n) is 5.00. The van der Waals surface area contributed by atoms with Crippen molar-refractivity contribution in [1.29, 1.82) is 0 Å². The number of aromatic nitrogens is 2. The van der Waals surface area contributed by atoms with E-state index in [0.29, 0.717) is 19.6 Å². The van der Waals surface area contributed by atoms with Crippen molar-refractivity contribution in [3.8, 4) is 0 Å². The van der Waals surface area contributed by atoms with Gasteiger partial charge in [-0.05, 0) is 29.8 Å². The molecule has 0 aromatic carbocycles. The molecule has 1 aromatic heterocycles.